The van der Waals surface area contributed by atoms with Crippen LogP contribution in [0.25, 0.3) is 0 Å². The van der Waals surface area contributed by atoms with Gasteiger partial charge in [0.1, 0.15) is 24.2 Å². The molecule has 9 heteroatoms. The van der Waals surface area contributed by atoms with E-state index < -0.39 is 12.0 Å². The molecule has 0 radical (unpaired) electrons. The first-order chi connectivity index (χ1) is 15.1. The van der Waals surface area contributed by atoms with Crippen LogP contribution in [0, 0.1) is 5.82 Å². The number of ether oxygens (including phenoxy) is 2. The second-order valence-corrected chi connectivity index (χ2v) is 8.79. The first-order valence-corrected chi connectivity index (χ1v) is 11.4. The van der Waals surface area contributed by atoms with Crippen molar-refractivity contribution in [2.24, 2.45) is 0 Å². The molecule has 2 aliphatic heterocycles. The van der Waals surface area contributed by atoms with Crippen LogP contribution in [0.15, 0.2) is 52.3 Å². The van der Waals surface area contributed by atoms with E-state index in [4.69, 9.17) is 9.47 Å². The van der Waals surface area contributed by atoms with E-state index in [1.165, 1.54) is 23.9 Å². The van der Waals surface area contributed by atoms with E-state index in [9.17, 15) is 14.3 Å². The van der Waals surface area contributed by atoms with E-state index in [-0.39, 0.29) is 18.2 Å². The number of benzene rings is 2. The van der Waals surface area contributed by atoms with Gasteiger partial charge in [-0.05, 0) is 55.8 Å². The predicted molar refractivity (Wildman–Crippen MR) is 125 cm³/mol. The summed E-state index contributed by atoms with van der Waals surface area (Å²) in [6.45, 7) is 4.80. The Morgan fingerprint density at radius 1 is 1.19 bits per heavy atom. The largest absolute Gasteiger partial charge is 0.491 e. The molecule has 1 atom stereocenters. The summed E-state index contributed by atoms with van der Waals surface area (Å²) in [6, 6.07) is 12.2. The minimum atomic E-state index is -0.769. The van der Waals surface area contributed by atoms with Crippen LogP contribution in [0.4, 0.5) is 10.1 Å². The number of hydrogen-bond donors (Lipinski definition) is 1. The number of hydrogen-bond acceptors (Lipinski definition) is 6. The highest BCUT2D eigenvalue weighted by Crippen LogP contribution is 2.38. The molecular weight excluding hydrogens is 455 g/mol. The number of carboxylic acid groups (broad SMARTS) is 1. The number of nitrogens with zero attached hydrogens (tertiary/aromatic N) is 2. The molecule has 1 unspecified atom stereocenters. The lowest BCUT2D eigenvalue weighted by molar-refractivity contribution is -0.142. The molecule has 0 aliphatic carbocycles. The summed E-state index contributed by atoms with van der Waals surface area (Å²) in [5.74, 6) is -0.322. The standard InChI is InChI=1S/C23H27FN2O4S.ClH/c24-17-3-1-4-19(15-17)31-22-16-18(25-9-12-29-13-10-25)6-7-21(22)30-14-11-26-8-2-5-20(26)23(27)28;/h1,3-4,6-7,15-16,20H,2,5,8-14H2,(H,27,28);1H. The van der Waals surface area contributed by atoms with Gasteiger partial charge in [-0.2, -0.15) is 0 Å². The van der Waals surface area contributed by atoms with E-state index >= 15 is 0 Å². The average Bonchev–Trinajstić information content (AvgIpc) is 3.24. The maximum atomic E-state index is 13.7. The van der Waals surface area contributed by atoms with Crippen LogP contribution >= 0.6 is 24.2 Å². The van der Waals surface area contributed by atoms with Crippen LogP contribution < -0.4 is 9.64 Å². The fourth-order valence-electron chi connectivity index (χ4n) is 4.02. The molecule has 2 aromatic carbocycles. The SMILES string of the molecule is Cl.O=C(O)C1CCCN1CCOc1ccc(N2CCOCC2)cc1Sc1cccc(F)c1. The summed E-state index contributed by atoms with van der Waals surface area (Å²) < 4.78 is 25.2. The lowest BCUT2D eigenvalue weighted by Crippen LogP contribution is -2.38. The molecule has 2 heterocycles. The summed E-state index contributed by atoms with van der Waals surface area (Å²) >= 11 is 1.46. The van der Waals surface area contributed by atoms with Gasteiger partial charge in [-0.1, -0.05) is 17.8 Å². The molecule has 0 spiro atoms. The molecule has 32 heavy (non-hydrogen) atoms. The minimum absolute atomic E-state index is 0. The molecule has 2 fully saturated rings. The Labute approximate surface area is 198 Å². The number of carbonyl (C=O) groups is 1. The Balaban J connectivity index is 0.00000289. The molecule has 2 saturated heterocycles. The Hall–Kier alpha value is -2.00. The zero-order chi connectivity index (χ0) is 21.6. The van der Waals surface area contributed by atoms with Gasteiger partial charge in [-0.15, -0.1) is 12.4 Å². The van der Waals surface area contributed by atoms with E-state index in [0.717, 1.165) is 47.3 Å². The topological polar surface area (TPSA) is 62.2 Å². The molecule has 0 bridgehead atoms. The monoisotopic (exact) mass is 482 g/mol. The molecule has 0 saturated carbocycles. The Morgan fingerprint density at radius 2 is 2.00 bits per heavy atom. The molecule has 1 N–H and O–H groups in total. The smallest absolute Gasteiger partial charge is 0.320 e. The molecule has 2 aromatic rings. The second-order valence-electron chi connectivity index (χ2n) is 7.67. The highest BCUT2D eigenvalue weighted by Gasteiger charge is 2.30. The number of anilines is 1. The predicted octanol–water partition coefficient (Wildman–Crippen LogP) is 4.16. The number of carboxylic acids is 1. The van der Waals surface area contributed by atoms with Gasteiger partial charge in [0.15, 0.2) is 0 Å². The maximum Gasteiger partial charge on any atom is 0.320 e. The molecular formula is C23H28ClFN2O4S. The first-order valence-electron chi connectivity index (χ1n) is 10.6. The Bertz CT molecular complexity index is 913. The third-order valence-corrected chi connectivity index (χ3v) is 6.64. The maximum absolute atomic E-state index is 13.7. The third-order valence-electron chi connectivity index (χ3n) is 5.61. The Kier molecular flexibility index (Phi) is 9.04. The summed E-state index contributed by atoms with van der Waals surface area (Å²) in [4.78, 5) is 17.3. The van der Waals surface area contributed by atoms with Crippen LogP contribution in [0.2, 0.25) is 0 Å². The van der Waals surface area contributed by atoms with E-state index in [1.807, 2.05) is 23.1 Å². The van der Waals surface area contributed by atoms with Crippen molar-refractivity contribution in [2.75, 3.05) is 50.9 Å². The molecule has 6 nitrogen and oxygen atoms in total. The van der Waals surface area contributed by atoms with Crippen LogP contribution in [-0.4, -0.2) is 68.0 Å². The number of morpholine rings is 1. The van der Waals surface area contributed by atoms with Crippen molar-refractivity contribution >= 4 is 35.8 Å². The van der Waals surface area contributed by atoms with Crippen LogP contribution in [0.5, 0.6) is 5.75 Å². The number of likely N-dealkylation sites (tertiary alicyclic amines) is 1. The zero-order valence-electron chi connectivity index (χ0n) is 17.7. The summed E-state index contributed by atoms with van der Waals surface area (Å²) in [7, 11) is 0. The van der Waals surface area contributed by atoms with Crippen LogP contribution in [-0.2, 0) is 9.53 Å². The number of halogens is 2. The lowest BCUT2D eigenvalue weighted by Gasteiger charge is -2.29. The lowest BCUT2D eigenvalue weighted by atomic mass is 10.2. The van der Waals surface area contributed by atoms with Gasteiger partial charge >= 0.3 is 5.97 Å². The molecule has 2 aliphatic rings. The van der Waals surface area contributed by atoms with Gasteiger partial charge in [-0.3, -0.25) is 9.69 Å². The Morgan fingerprint density at radius 3 is 2.75 bits per heavy atom. The van der Waals surface area contributed by atoms with E-state index in [0.29, 0.717) is 32.8 Å². The summed E-state index contributed by atoms with van der Waals surface area (Å²) in [5, 5.41) is 9.36. The van der Waals surface area contributed by atoms with Gasteiger partial charge in [0.2, 0.25) is 0 Å². The van der Waals surface area contributed by atoms with Crippen molar-refractivity contribution < 1.29 is 23.8 Å². The summed E-state index contributed by atoms with van der Waals surface area (Å²) in [5.41, 5.74) is 1.08. The van der Waals surface area contributed by atoms with Crippen molar-refractivity contribution in [2.45, 2.75) is 28.7 Å². The van der Waals surface area contributed by atoms with Crippen molar-refractivity contribution in [3.63, 3.8) is 0 Å². The highest BCUT2D eigenvalue weighted by atomic mass is 35.5. The van der Waals surface area contributed by atoms with Crippen LogP contribution in [0.3, 0.4) is 0 Å². The average molecular weight is 483 g/mol. The van der Waals surface area contributed by atoms with Crippen molar-refractivity contribution in [1.29, 1.82) is 0 Å². The molecule has 0 aromatic heterocycles. The number of aliphatic carboxylic acids is 1. The fourth-order valence-corrected chi connectivity index (χ4v) is 5.00. The van der Waals surface area contributed by atoms with Gasteiger partial charge in [0, 0.05) is 30.2 Å². The van der Waals surface area contributed by atoms with E-state index in [1.54, 1.807) is 6.07 Å². The molecule has 4 rings (SSSR count). The quantitative estimate of drug-likeness (QED) is 0.606. The van der Waals surface area contributed by atoms with Gasteiger partial charge in [-0.25, -0.2) is 4.39 Å². The van der Waals surface area contributed by atoms with E-state index in [2.05, 4.69) is 11.0 Å². The van der Waals surface area contributed by atoms with Crippen LogP contribution in [0.1, 0.15) is 12.8 Å². The normalized spacial score (nSPS) is 18.9. The summed E-state index contributed by atoms with van der Waals surface area (Å²) in [6.07, 6.45) is 1.58. The minimum Gasteiger partial charge on any atom is -0.491 e. The van der Waals surface area contributed by atoms with Crippen molar-refractivity contribution in [3.05, 3.63) is 48.3 Å². The van der Waals surface area contributed by atoms with Gasteiger partial charge in [0.25, 0.3) is 0 Å². The first kappa shape index (κ1) is 24.6. The zero-order valence-corrected chi connectivity index (χ0v) is 19.4. The van der Waals surface area contributed by atoms with Crippen molar-refractivity contribution in [3.8, 4) is 5.75 Å². The third kappa shape index (κ3) is 6.28. The van der Waals surface area contributed by atoms with Gasteiger partial charge in [0.05, 0.1) is 18.1 Å². The van der Waals surface area contributed by atoms with Gasteiger partial charge < -0.3 is 19.5 Å². The molecule has 0 amide bonds. The fraction of sp³-hybridized carbons (Fsp3) is 0.435. The number of rotatable bonds is 8. The highest BCUT2D eigenvalue weighted by molar-refractivity contribution is 7.99. The second kappa shape index (κ2) is 11.7. The molecule has 174 valence electrons. The van der Waals surface area contributed by atoms with Crippen molar-refractivity contribution in [1.82, 2.24) is 4.90 Å².